The fourth-order valence-corrected chi connectivity index (χ4v) is 2.23. The SMILES string of the molecule is Cc1cc(N)ccc1Oc1cncc(Oc2ccc(N)cc2C)n1. The normalized spacial score (nSPS) is 10.4. The first-order chi connectivity index (χ1) is 11.5. The second-order valence-electron chi connectivity index (χ2n) is 5.45. The Morgan fingerprint density at radius 2 is 1.21 bits per heavy atom. The van der Waals surface area contributed by atoms with E-state index in [1.165, 1.54) is 12.4 Å². The molecule has 0 amide bonds. The number of anilines is 2. The van der Waals surface area contributed by atoms with Crippen molar-refractivity contribution in [2.24, 2.45) is 0 Å². The summed E-state index contributed by atoms with van der Waals surface area (Å²) in [5.41, 5.74) is 14.7. The van der Waals surface area contributed by atoms with Crippen LogP contribution in [0.4, 0.5) is 11.4 Å². The maximum atomic E-state index is 5.76. The fraction of sp³-hybridized carbons (Fsp3) is 0.111. The Morgan fingerprint density at radius 3 is 1.62 bits per heavy atom. The minimum Gasteiger partial charge on any atom is -0.437 e. The van der Waals surface area contributed by atoms with Crippen molar-refractivity contribution in [1.82, 2.24) is 9.97 Å². The number of aromatic nitrogens is 2. The summed E-state index contributed by atoms with van der Waals surface area (Å²) in [5.74, 6) is 2.01. The smallest absolute Gasteiger partial charge is 0.241 e. The van der Waals surface area contributed by atoms with Crippen molar-refractivity contribution in [3.63, 3.8) is 0 Å². The van der Waals surface area contributed by atoms with Gasteiger partial charge < -0.3 is 20.9 Å². The number of nitrogens with two attached hydrogens (primary N) is 2. The predicted molar refractivity (Wildman–Crippen MR) is 93.4 cm³/mol. The van der Waals surface area contributed by atoms with E-state index in [9.17, 15) is 0 Å². The van der Waals surface area contributed by atoms with Gasteiger partial charge in [-0.1, -0.05) is 0 Å². The Hall–Kier alpha value is -3.28. The monoisotopic (exact) mass is 322 g/mol. The quantitative estimate of drug-likeness (QED) is 0.708. The zero-order chi connectivity index (χ0) is 17.1. The molecule has 6 nitrogen and oxygen atoms in total. The molecule has 0 aliphatic carbocycles. The number of rotatable bonds is 4. The van der Waals surface area contributed by atoms with Gasteiger partial charge in [0, 0.05) is 11.4 Å². The van der Waals surface area contributed by atoms with Gasteiger partial charge in [0.2, 0.25) is 11.8 Å². The maximum Gasteiger partial charge on any atom is 0.241 e. The lowest BCUT2D eigenvalue weighted by Gasteiger charge is -2.11. The molecule has 2 aromatic carbocycles. The van der Waals surface area contributed by atoms with Crippen LogP contribution >= 0.6 is 0 Å². The first kappa shape index (κ1) is 15.6. The van der Waals surface area contributed by atoms with Gasteiger partial charge in [-0.25, -0.2) is 0 Å². The highest BCUT2D eigenvalue weighted by atomic mass is 16.5. The van der Waals surface area contributed by atoms with Crippen LogP contribution in [0.15, 0.2) is 48.8 Å². The standard InChI is InChI=1S/C18H18N4O2/c1-11-7-13(19)3-5-15(11)23-17-9-21-10-18(22-17)24-16-6-4-14(20)8-12(16)2/h3-10H,19-20H2,1-2H3. The third kappa shape index (κ3) is 3.55. The Kier molecular flexibility index (Phi) is 4.20. The number of benzene rings is 2. The second-order valence-corrected chi connectivity index (χ2v) is 5.45. The fourth-order valence-electron chi connectivity index (χ4n) is 2.23. The summed E-state index contributed by atoms with van der Waals surface area (Å²) in [6, 6.07) is 10.8. The van der Waals surface area contributed by atoms with Crippen LogP contribution in [0.3, 0.4) is 0 Å². The van der Waals surface area contributed by atoms with E-state index in [-0.39, 0.29) is 0 Å². The van der Waals surface area contributed by atoms with Crippen molar-refractivity contribution in [2.45, 2.75) is 13.8 Å². The van der Waals surface area contributed by atoms with E-state index < -0.39 is 0 Å². The molecule has 0 saturated heterocycles. The Labute approximate surface area is 140 Å². The van der Waals surface area contributed by atoms with Gasteiger partial charge in [0.1, 0.15) is 11.5 Å². The molecule has 0 fully saturated rings. The number of nitrogens with zero attached hydrogens (tertiary/aromatic N) is 2. The molecule has 6 heteroatoms. The van der Waals surface area contributed by atoms with Gasteiger partial charge in [0.05, 0.1) is 12.4 Å². The van der Waals surface area contributed by atoms with E-state index in [1.54, 1.807) is 24.3 Å². The third-order valence-corrected chi connectivity index (χ3v) is 3.42. The molecule has 3 rings (SSSR count). The van der Waals surface area contributed by atoms with Crippen LogP contribution in [0, 0.1) is 13.8 Å². The van der Waals surface area contributed by atoms with Crippen molar-refractivity contribution >= 4 is 11.4 Å². The molecule has 0 spiro atoms. The molecule has 0 radical (unpaired) electrons. The molecule has 1 aromatic heterocycles. The van der Waals surface area contributed by atoms with E-state index in [0.29, 0.717) is 34.6 Å². The number of hydrogen-bond donors (Lipinski definition) is 2. The number of ether oxygens (including phenoxy) is 2. The lowest BCUT2D eigenvalue weighted by atomic mass is 10.2. The molecule has 0 bridgehead atoms. The van der Waals surface area contributed by atoms with Crippen LogP contribution in [0.1, 0.15) is 11.1 Å². The number of nitrogen functional groups attached to an aromatic ring is 2. The van der Waals surface area contributed by atoms with Crippen molar-refractivity contribution in [3.05, 3.63) is 59.9 Å². The summed E-state index contributed by atoms with van der Waals surface area (Å²) in [6.45, 7) is 3.83. The summed E-state index contributed by atoms with van der Waals surface area (Å²) in [6.07, 6.45) is 3.05. The van der Waals surface area contributed by atoms with Crippen molar-refractivity contribution in [3.8, 4) is 23.3 Å². The molecule has 1 heterocycles. The highest BCUT2D eigenvalue weighted by Crippen LogP contribution is 2.28. The van der Waals surface area contributed by atoms with Gasteiger partial charge in [-0.15, -0.1) is 0 Å². The molecule has 0 aliphatic rings. The lowest BCUT2D eigenvalue weighted by Crippen LogP contribution is -1.96. The minimum atomic E-state index is 0.341. The molecule has 122 valence electrons. The van der Waals surface area contributed by atoms with Gasteiger partial charge in [0.25, 0.3) is 0 Å². The Morgan fingerprint density at radius 1 is 0.750 bits per heavy atom. The lowest BCUT2D eigenvalue weighted by molar-refractivity contribution is 0.419. The van der Waals surface area contributed by atoms with Crippen molar-refractivity contribution in [1.29, 1.82) is 0 Å². The largest absolute Gasteiger partial charge is 0.437 e. The summed E-state index contributed by atoms with van der Waals surface area (Å²) in [7, 11) is 0. The highest BCUT2D eigenvalue weighted by molar-refractivity contribution is 5.49. The van der Waals surface area contributed by atoms with Crippen molar-refractivity contribution in [2.75, 3.05) is 11.5 Å². The molecule has 0 unspecified atom stereocenters. The molecule has 0 saturated carbocycles. The van der Waals surface area contributed by atoms with Crippen LogP contribution in [0.2, 0.25) is 0 Å². The minimum absolute atomic E-state index is 0.341. The zero-order valence-corrected chi connectivity index (χ0v) is 13.5. The average Bonchev–Trinajstić information content (AvgIpc) is 2.53. The topological polar surface area (TPSA) is 96.3 Å². The molecular formula is C18H18N4O2. The summed E-state index contributed by atoms with van der Waals surface area (Å²) in [5, 5.41) is 0. The first-order valence-electron chi connectivity index (χ1n) is 7.41. The number of hydrogen-bond acceptors (Lipinski definition) is 6. The van der Waals surface area contributed by atoms with E-state index in [4.69, 9.17) is 20.9 Å². The van der Waals surface area contributed by atoms with Gasteiger partial charge in [-0.2, -0.15) is 4.98 Å². The first-order valence-corrected chi connectivity index (χ1v) is 7.41. The van der Waals surface area contributed by atoms with Gasteiger partial charge in [-0.05, 0) is 61.4 Å². The average molecular weight is 322 g/mol. The van der Waals surface area contributed by atoms with Gasteiger partial charge in [-0.3, -0.25) is 4.98 Å². The molecule has 0 atom stereocenters. The summed E-state index contributed by atoms with van der Waals surface area (Å²) < 4.78 is 11.5. The molecule has 0 aliphatic heterocycles. The van der Waals surface area contributed by atoms with Gasteiger partial charge >= 0.3 is 0 Å². The van der Waals surface area contributed by atoms with Crippen molar-refractivity contribution < 1.29 is 9.47 Å². The van der Waals surface area contributed by atoms with E-state index in [2.05, 4.69) is 9.97 Å². The Bertz CT molecular complexity index is 812. The molecule has 24 heavy (non-hydrogen) atoms. The molecule has 4 N–H and O–H groups in total. The molecular weight excluding hydrogens is 304 g/mol. The van der Waals surface area contributed by atoms with Crippen LogP contribution in [0.5, 0.6) is 23.3 Å². The summed E-state index contributed by atoms with van der Waals surface area (Å²) in [4.78, 5) is 8.43. The number of aryl methyl sites for hydroxylation is 2. The van der Waals surface area contributed by atoms with Crippen LogP contribution in [0.25, 0.3) is 0 Å². The van der Waals surface area contributed by atoms with E-state index in [1.807, 2.05) is 26.0 Å². The zero-order valence-electron chi connectivity index (χ0n) is 13.5. The summed E-state index contributed by atoms with van der Waals surface area (Å²) >= 11 is 0. The highest BCUT2D eigenvalue weighted by Gasteiger charge is 2.07. The van der Waals surface area contributed by atoms with Gasteiger partial charge in [0.15, 0.2) is 0 Å². The predicted octanol–water partition coefficient (Wildman–Crippen LogP) is 3.84. The van der Waals surface area contributed by atoms with Crippen LogP contribution < -0.4 is 20.9 Å². The Balaban J connectivity index is 1.81. The van der Waals surface area contributed by atoms with E-state index >= 15 is 0 Å². The van der Waals surface area contributed by atoms with Crippen LogP contribution in [-0.2, 0) is 0 Å². The van der Waals surface area contributed by atoms with E-state index in [0.717, 1.165) is 11.1 Å². The maximum absolute atomic E-state index is 5.76. The second kappa shape index (κ2) is 6.45. The third-order valence-electron chi connectivity index (χ3n) is 3.42. The van der Waals surface area contributed by atoms with Crippen LogP contribution in [-0.4, -0.2) is 9.97 Å². The molecule has 3 aromatic rings.